The van der Waals surface area contributed by atoms with Crippen molar-refractivity contribution in [3.63, 3.8) is 0 Å². The highest BCUT2D eigenvalue weighted by Crippen LogP contribution is 2.30. The van der Waals surface area contributed by atoms with Crippen LogP contribution in [0.25, 0.3) is 0 Å². The predicted molar refractivity (Wildman–Crippen MR) is 98.9 cm³/mol. The van der Waals surface area contributed by atoms with E-state index in [4.69, 9.17) is 0 Å². The first kappa shape index (κ1) is 18.8. The molecule has 0 saturated carbocycles. The SMILES string of the molecule is CCN1CCN(C(=O)CCS(=O)(=O)c2ccc3c(c2)CC(=O)N3C)CC1. The number of amides is 2. The predicted octanol–water partition coefficient (Wildman–Crippen LogP) is 0.533. The summed E-state index contributed by atoms with van der Waals surface area (Å²) in [6.45, 7) is 6.03. The third-order valence-corrected chi connectivity index (χ3v) is 6.96. The Morgan fingerprint density at radius 2 is 1.85 bits per heavy atom. The molecule has 8 heteroatoms. The number of piperazine rings is 1. The number of benzene rings is 1. The molecule has 0 unspecified atom stereocenters. The van der Waals surface area contributed by atoms with Gasteiger partial charge in [0.15, 0.2) is 9.84 Å². The smallest absolute Gasteiger partial charge is 0.231 e. The summed E-state index contributed by atoms with van der Waals surface area (Å²) in [4.78, 5) is 29.8. The van der Waals surface area contributed by atoms with Crippen LogP contribution in [-0.2, 0) is 25.8 Å². The van der Waals surface area contributed by atoms with Crippen LogP contribution in [-0.4, -0.2) is 75.6 Å². The molecule has 2 heterocycles. The van der Waals surface area contributed by atoms with Crippen LogP contribution < -0.4 is 4.90 Å². The molecule has 0 aliphatic carbocycles. The summed E-state index contributed by atoms with van der Waals surface area (Å²) in [5.74, 6) is -0.362. The van der Waals surface area contributed by atoms with Crippen LogP contribution in [0.3, 0.4) is 0 Å². The van der Waals surface area contributed by atoms with E-state index in [1.54, 1.807) is 24.1 Å². The highest BCUT2D eigenvalue weighted by molar-refractivity contribution is 7.91. The average Bonchev–Trinajstić information content (AvgIpc) is 2.93. The van der Waals surface area contributed by atoms with E-state index < -0.39 is 9.84 Å². The molecule has 0 bridgehead atoms. The van der Waals surface area contributed by atoms with Gasteiger partial charge in [0, 0.05) is 45.3 Å². The molecule has 1 fully saturated rings. The van der Waals surface area contributed by atoms with Crippen molar-refractivity contribution in [1.29, 1.82) is 0 Å². The Bertz CT molecular complexity index is 814. The zero-order valence-corrected chi connectivity index (χ0v) is 16.1. The van der Waals surface area contributed by atoms with E-state index in [-0.39, 0.29) is 35.3 Å². The number of sulfone groups is 1. The number of fused-ring (bicyclic) bond motifs is 1. The quantitative estimate of drug-likeness (QED) is 0.746. The zero-order valence-electron chi connectivity index (χ0n) is 15.3. The Hall–Kier alpha value is -1.93. The minimum Gasteiger partial charge on any atom is -0.340 e. The summed E-state index contributed by atoms with van der Waals surface area (Å²) >= 11 is 0. The first-order valence-electron chi connectivity index (χ1n) is 8.94. The molecule has 0 radical (unpaired) electrons. The third-order valence-electron chi connectivity index (χ3n) is 5.24. The van der Waals surface area contributed by atoms with Crippen LogP contribution in [0.15, 0.2) is 23.1 Å². The van der Waals surface area contributed by atoms with Crippen molar-refractivity contribution in [2.24, 2.45) is 0 Å². The Morgan fingerprint density at radius 1 is 1.15 bits per heavy atom. The van der Waals surface area contributed by atoms with Gasteiger partial charge in [-0.25, -0.2) is 8.42 Å². The highest BCUT2D eigenvalue weighted by Gasteiger charge is 2.27. The first-order valence-corrected chi connectivity index (χ1v) is 10.6. The number of nitrogens with zero attached hydrogens (tertiary/aromatic N) is 3. The second-order valence-electron chi connectivity index (χ2n) is 6.80. The van der Waals surface area contributed by atoms with Crippen LogP contribution in [0, 0.1) is 0 Å². The van der Waals surface area contributed by atoms with Crippen LogP contribution in [0.4, 0.5) is 5.69 Å². The van der Waals surface area contributed by atoms with Gasteiger partial charge < -0.3 is 14.7 Å². The van der Waals surface area contributed by atoms with Crippen LogP contribution in [0.5, 0.6) is 0 Å². The number of likely N-dealkylation sites (N-methyl/N-ethyl adjacent to an activating group) is 2. The molecule has 7 nitrogen and oxygen atoms in total. The standard InChI is InChI=1S/C18H25N3O4S/c1-3-20-7-9-21(10-8-20)17(22)6-11-26(24,25)15-4-5-16-14(12-15)13-18(23)19(16)2/h4-5,12H,3,6-11,13H2,1-2H3. The highest BCUT2D eigenvalue weighted by atomic mass is 32.2. The number of rotatable bonds is 5. The van der Waals surface area contributed by atoms with E-state index in [1.807, 2.05) is 0 Å². The van der Waals surface area contributed by atoms with E-state index in [9.17, 15) is 18.0 Å². The Balaban J connectivity index is 1.62. The second kappa shape index (κ2) is 7.36. The lowest BCUT2D eigenvalue weighted by atomic mass is 10.2. The minimum absolute atomic E-state index is 0.00955. The minimum atomic E-state index is -3.55. The average molecular weight is 379 g/mol. The topological polar surface area (TPSA) is 78.0 Å². The summed E-state index contributed by atoms with van der Waals surface area (Å²) in [5, 5.41) is 0. The van der Waals surface area contributed by atoms with E-state index in [0.717, 1.165) is 30.9 Å². The molecular formula is C18H25N3O4S. The molecule has 0 spiro atoms. The van der Waals surface area contributed by atoms with Gasteiger partial charge in [-0.1, -0.05) is 6.92 Å². The van der Waals surface area contributed by atoms with Crippen molar-refractivity contribution in [2.45, 2.75) is 24.7 Å². The molecule has 0 aromatic heterocycles. The molecule has 2 aliphatic heterocycles. The maximum atomic E-state index is 12.6. The molecule has 1 saturated heterocycles. The number of hydrogen-bond donors (Lipinski definition) is 0. The lowest BCUT2D eigenvalue weighted by Crippen LogP contribution is -2.48. The molecular weight excluding hydrogens is 354 g/mol. The maximum Gasteiger partial charge on any atom is 0.231 e. The van der Waals surface area contributed by atoms with Gasteiger partial charge in [-0.05, 0) is 30.3 Å². The molecule has 2 amide bonds. The van der Waals surface area contributed by atoms with E-state index in [2.05, 4.69) is 11.8 Å². The summed E-state index contributed by atoms with van der Waals surface area (Å²) in [7, 11) is -1.87. The molecule has 2 aliphatic rings. The van der Waals surface area contributed by atoms with Crippen molar-refractivity contribution in [2.75, 3.05) is 50.4 Å². The van der Waals surface area contributed by atoms with Gasteiger partial charge in [0.1, 0.15) is 0 Å². The van der Waals surface area contributed by atoms with E-state index in [1.165, 1.54) is 11.0 Å². The van der Waals surface area contributed by atoms with Gasteiger partial charge in [-0.2, -0.15) is 0 Å². The van der Waals surface area contributed by atoms with Crippen LogP contribution in [0.1, 0.15) is 18.9 Å². The Kier molecular flexibility index (Phi) is 5.34. The molecule has 142 valence electrons. The summed E-state index contributed by atoms with van der Waals surface area (Å²) in [5.41, 5.74) is 1.47. The van der Waals surface area contributed by atoms with Gasteiger partial charge in [-0.3, -0.25) is 9.59 Å². The fourth-order valence-corrected chi connectivity index (χ4v) is 4.73. The van der Waals surface area contributed by atoms with Crippen molar-refractivity contribution in [3.05, 3.63) is 23.8 Å². The largest absolute Gasteiger partial charge is 0.340 e. The van der Waals surface area contributed by atoms with Gasteiger partial charge in [-0.15, -0.1) is 0 Å². The maximum absolute atomic E-state index is 12.6. The fourth-order valence-electron chi connectivity index (χ4n) is 3.45. The molecule has 1 aromatic carbocycles. The summed E-state index contributed by atoms with van der Waals surface area (Å²) in [6, 6.07) is 4.75. The molecule has 26 heavy (non-hydrogen) atoms. The summed E-state index contributed by atoms with van der Waals surface area (Å²) in [6.07, 6.45) is 0.209. The van der Waals surface area contributed by atoms with E-state index in [0.29, 0.717) is 13.1 Å². The van der Waals surface area contributed by atoms with Crippen LogP contribution in [0.2, 0.25) is 0 Å². The third kappa shape index (κ3) is 3.76. The van der Waals surface area contributed by atoms with Crippen LogP contribution >= 0.6 is 0 Å². The number of carbonyl (C=O) groups is 2. The zero-order chi connectivity index (χ0) is 18.9. The normalized spacial score (nSPS) is 18.3. The van der Waals surface area contributed by atoms with Crippen molar-refractivity contribution in [3.8, 4) is 0 Å². The summed E-state index contributed by atoms with van der Waals surface area (Å²) < 4.78 is 25.2. The van der Waals surface area contributed by atoms with Crippen molar-refractivity contribution < 1.29 is 18.0 Å². The second-order valence-corrected chi connectivity index (χ2v) is 8.91. The van der Waals surface area contributed by atoms with E-state index >= 15 is 0 Å². The molecule has 1 aromatic rings. The number of hydrogen-bond acceptors (Lipinski definition) is 5. The lowest BCUT2D eigenvalue weighted by Gasteiger charge is -2.34. The monoisotopic (exact) mass is 379 g/mol. The fraction of sp³-hybridized carbons (Fsp3) is 0.556. The number of carbonyl (C=O) groups excluding carboxylic acids is 2. The van der Waals surface area contributed by atoms with Gasteiger partial charge in [0.05, 0.1) is 17.1 Å². The molecule has 0 N–H and O–H groups in total. The van der Waals surface area contributed by atoms with Crippen molar-refractivity contribution in [1.82, 2.24) is 9.80 Å². The Morgan fingerprint density at radius 3 is 2.50 bits per heavy atom. The molecule has 0 atom stereocenters. The van der Waals surface area contributed by atoms with Gasteiger partial charge in [0.2, 0.25) is 11.8 Å². The first-order chi connectivity index (χ1) is 12.3. The van der Waals surface area contributed by atoms with Gasteiger partial charge in [0.25, 0.3) is 0 Å². The van der Waals surface area contributed by atoms with Gasteiger partial charge >= 0.3 is 0 Å². The number of anilines is 1. The Labute approximate surface area is 154 Å². The van der Waals surface area contributed by atoms with Crippen molar-refractivity contribution >= 4 is 27.3 Å². The lowest BCUT2D eigenvalue weighted by molar-refractivity contribution is -0.132. The molecule has 3 rings (SSSR count).